The summed E-state index contributed by atoms with van der Waals surface area (Å²) < 4.78 is 0.818. The Morgan fingerprint density at radius 2 is 1.78 bits per heavy atom. The van der Waals surface area contributed by atoms with Crippen LogP contribution >= 0.6 is 15.9 Å². The molecule has 4 N–H and O–H groups in total. The second-order valence-electron chi connectivity index (χ2n) is 8.97. The quantitative estimate of drug-likeness (QED) is 0.205. The van der Waals surface area contributed by atoms with Crippen molar-refractivity contribution in [2.24, 2.45) is 0 Å². The summed E-state index contributed by atoms with van der Waals surface area (Å²) in [5.74, 6) is 0.395. The number of hydrogen-bond donors (Lipinski definition) is 4. The number of anilines is 2. The van der Waals surface area contributed by atoms with E-state index in [1.165, 1.54) is 5.56 Å². The van der Waals surface area contributed by atoms with Crippen molar-refractivity contribution in [3.05, 3.63) is 88.0 Å². The van der Waals surface area contributed by atoms with Gasteiger partial charge in [0.1, 0.15) is 5.69 Å². The highest BCUT2D eigenvalue weighted by atomic mass is 79.9. The fourth-order valence-corrected chi connectivity index (χ4v) is 4.43. The Kier molecular flexibility index (Phi) is 6.82. The van der Waals surface area contributed by atoms with E-state index in [0.717, 1.165) is 15.4 Å². The molecule has 0 saturated heterocycles. The lowest BCUT2D eigenvalue weighted by atomic mass is 10.0. The van der Waals surface area contributed by atoms with Crippen molar-refractivity contribution in [2.45, 2.75) is 26.2 Å². The predicted octanol–water partition coefficient (Wildman–Crippen LogP) is 5.67. The normalized spacial score (nSPS) is 11.1. The lowest BCUT2D eigenvalue weighted by Gasteiger charge is -2.09. The molecule has 0 aliphatic carbocycles. The van der Waals surface area contributed by atoms with Crippen LogP contribution in [-0.2, 0) is 11.2 Å². The van der Waals surface area contributed by atoms with Crippen LogP contribution in [0.3, 0.4) is 0 Å². The Bertz CT molecular complexity index is 1570. The second kappa shape index (κ2) is 10.4. The van der Waals surface area contributed by atoms with Gasteiger partial charge in [0.05, 0.1) is 23.3 Å². The monoisotopic (exact) mass is 557 g/mol. The molecule has 0 atom stereocenters. The van der Waals surface area contributed by atoms with Crippen LogP contribution in [0.5, 0.6) is 0 Å². The topological polar surface area (TPSA) is 128 Å². The summed E-state index contributed by atoms with van der Waals surface area (Å²) in [6, 6.07) is 20.8. The molecule has 0 spiro atoms. The highest BCUT2D eigenvalue weighted by Crippen LogP contribution is 2.29. The molecule has 2 amide bonds. The predicted molar refractivity (Wildman–Crippen MR) is 146 cm³/mol. The molecule has 0 aliphatic rings. The standard InChI is InChI=1S/C27H24BrN7O2/c1-15(2)17-8-6-16(7-9-17)12-24(36)29-22-5-3-4-18-13-23(30-25(18)22)27(37)31-21-11-10-19(28)14-20(21)26-32-34-35-33-26/h3-11,13-15,30H,12H2,1-2H3,(H,29,36)(H,31,37)(H,32,33,34,35). The molecule has 5 aromatic rings. The van der Waals surface area contributed by atoms with E-state index in [1.807, 2.05) is 42.5 Å². The van der Waals surface area contributed by atoms with Gasteiger partial charge < -0.3 is 15.6 Å². The van der Waals surface area contributed by atoms with Crippen molar-refractivity contribution in [3.63, 3.8) is 0 Å². The maximum Gasteiger partial charge on any atom is 0.272 e. The molecule has 9 nitrogen and oxygen atoms in total. The van der Waals surface area contributed by atoms with Crippen molar-refractivity contribution < 1.29 is 9.59 Å². The van der Waals surface area contributed by atoms with Crippen molar-refractivity contribution in [1.29, 1.82) is 0 Å². The number of rotatable bonds is 7. The molecule has 3 aromatic carbocycles. The van der Waals surface area contributed by atoms with Gasteiger partial charge in [0.25, 0.3) is 5.91 Å². The van der Waals surface area contributed by atoms with Crippen molar-refractivity contribution >= 4 is 50.0 Å². The maximum atomic E-state index is 13.1. The molecular formula is C27H24BrN7O2. The molecule has 186 valence electrons. The molecule has 5 rings (SSSR count). The first-order chi connectivity index (χ1) is 17.9. The number of benzene rings is 3. The van der Waals surface area contributed by atoms with Gasteiger partial charge in [-0.25, -0.2) is 5.10 Å². The molecule has 2 aromatic heterocycles. The molecule has 10 heteroatoms. The highest BCUT2D eigenvalue weighted by Gasteiger charge is 2.17. The molecule has 2 heterocycles. The fraction of sp³-hybridized carbons (Fsp3) is 0.148. The largest absolute Gasteiger partial charge is 0.349 e. The van der Waals surface area contributed by atoms with E-state index in [-0.39, 0.29) is 18.2 Å². The molecular weight excluding hydrogens is 534 g/mol. The summed E-state index contributed by atoms with van der Waals surface area (Å²) in [6.07, 6.45) is 0.256. The molecule has 0 radical (unpaired) electrons. The summed E-state index contributed by atoms with van der Waals surface area (Å²) >= 11 is 3.44. The zero-order chi connectivity index (χ0) is 25.9. The van der Waals surface area contributed by atoms with Gasteiger partial charge in [0.15, 0.2) is 5.82 Å². The van der Waals surface area contributed by atoms with E-state index in [4.69, 9.17) is 0 Å². The number of aromatic amines is 2. The minimum Gasteiger partial charge on any atom is -0.349 e. The number of halogens is 1. The molecule has 0 aliphatic heterocycles. The van der Waals surface area contributed by atoms with Crippen LogP contribution in [0, 0.1) is 0 Å². The molecule has 37 heavy (non-hydrogen) atoms. The van der Waals surface area contributed by atoms with Crippen LogP contribution in [0.25, 0.3) is 22.3 Å². The van der Waals surface area contributed by atoms with E-state index >= 15 is 0 Å². The van der Waals surface area contributed by atoms with E-state index < -0.39 is 0 Å². The zero-order valence-electron chi connectivity index (χ0n) is 20.2. The Labute approximate surface area is 221 Å². The van der Waals surface area contributed by atoms with E-state index in [0.29, 0.717) is 39.9 Å². The highest BCUT2D eigenvalue weighted by molar-refractivity contribution is 9.10. The number of fused-ring (bicyclic) bond motifs is 1. The number of H-pyrrole nitrogens is 2. The minimum atomic E-state index is -0.338. The SMILES string of the molecule is CC(C)c1ccc(CC(=O)Nc2cccc3cc(C(=O)Nc4ccc(Br)cc4-c4nnn[nH]4)[nH]c23)cc1. The first-order valence-electron chi connectivity index (χ1n) is 11.7. The third kappa shape index (κ3) is 5.44. The van der Waals surface area contributed by atoms with Gasteiger partial charge in [-0.3, -0.25) is 9.59 Å². The van der Waals surface area contributed by atoms with Gasteiger partial charge in [-0.1, -0.05) is 66.2 Å². The van der Waals surface area contributed by atoms with Crippen LogP contribution in [0.4, 0.5) is 11.4 Å². The number of nitrogens with one attached hydrogen (secondary N) is 4. The van der Waals surface area contributed by atoms with Crippen molar-refractivity contribution in [1.82, 2.24) is 25.6 Å². The first kappa shape index (κ1) is 24.4. The van der Waals surface area contributed by atoms with Gasteiger partial charge >= 0.3 is 0 Å². The van der Waals surface area contributed by atoms with Crippen molar-refractivity contribution in [2.75, 3.05) is 10.6 Å². The summed E-state index contributed by atoms with van der Waals surface area (Å²) in [5, 5.41) is 20.6. The van der Waals surface area contributed by atoms with E-state index in [1.54, 1.807) is 12.1 Å². The summed E-state index contributed by atoms with van der Waals surface area (Å²) in [5.41, 5.74) is 4.99. The number of amides is 2. The molecule has 0 bridgehead atoms. The number of nitrogens with zero attached hydrogens (tertiary/aromatic N) is 3. The van der Waals surface area contributed by atoms with Crippen LogP contribution in [0.15, 0.2) is 71.2 Å². The molecule has 0 saturated carbocycles. The van der Waals surface area contributed by atoms with E-state index in [2.05, 4.69) is 78.2 Å². The van der Waals surface area contributed by atoms with Gasteiger partial charge in [0, 0.05) is 15.4 Å². The third-order valence-corrected chi connectivity index (χ3v) is 6.51. The Hall–Kier alpha value is -4.31. The average Bonchev–Trinajstić information content (AvgIpc) is 3.56. The van der Waals surface area contributed by atoms with Gasteiger partial charge in [-0.15, -0.1) is 5.10 Å². The van der Waals surface area contributed by atoms with Crippen LogP contribution in [0.1, 0.15) is 41.4 Å². The number of para-hydroxylation sites is 1. The molecule has 0 fully saturated rings. The number of carbonyl (C=O) groups excluding carboxylic acids is 2. The summed E-state index contributed by atoms with van der Waals surface area (Å²) in [7, 11) is 0. The summed E-state index contributed by atoms with van der Waals surface area (Å²) in [4.78, 5) is 29.1. The number of tetrazole rings is 1. The van der Waals surface area contributed by atoms with Crippen molar-refractivity contribution in [3.8, 4) is 11.4 Å². The van der Waals surface area contributed by atoms with Gasteiger partial charge in [-0.05, 0) is 57.8 Å². The molecule has 0 unspecified atom stereocenters. The first-order valence-corrected chi connectivity index (χ1v) is 12.5. The fourth-order valence-electron chi connectivity index (χ4n) is 4.07. The minimum absolute atomic E-state index is 0.134. The maximum absolute atomic E-state index is 13.1. The van der Waals surface area contributed by atoms with Crippen LogP contribution in [-0.4, -0.2) is 37.4 Å². The number of hydrogen-bond acceptors (Lipinski definition) is 5. The van der Waals surface area contributed by atoms with Gasteiger partial charge in [0.2, 0.25) is 5.91 Å². The summed E-state index contributed by atoms with van der Waals surface area (Å²) in [6.45, 7) is 4.28. The zero-order valence-corrected chi connectivity index (χ0v) is 21.8. The van der Waals surface area contributed by atoms with E-state index in [9.17, 15) is 9.59 Å². The third-order valence-electron chi connectivity index (χ3n) is 6.02. The lowest BCUT2D eigenvalue weighted by Crippen LogP contribution is -2.15. The lowest BCUT2D eigenvalue weighted by molar-refractivity contribution is -0.115. The Morgan fingerprint density at radius 3 is 2.51 bits per heavy atom. The van der Waals surface area contributed by atoms with Crippen LogP contribution < -0.4 is 10.6 Å². The smallest absolute Gasteiger partial charge is 0.272 e. The van der Waals surface area contributed by atoms with Crippen LogP contribution in [0.2, 0.25) is 0 Å². The Balaban J connectivity index is 1.34. The number of aromatic nitrogens is 5. The Morgan fingerprint density at radius 1 is 0.973 bits per heavy atom. The average molecular weight is 558 g/mol. The van der Waals surface area contributed by atoms with Gasteiger partial charge in [-0.2, -0.15) is 0 Å². The second-order valence-corrected chi connectivity index (χ2v) is 9.88. The number of carbonyl (C=O) groups is 2.